The van der Waals surface area contributed by atoms with Crippen molar-refractivity contribution in [3.63, 3.8) is 0 Å². The van der Waals surface area contributed by atoms with E-state index in [1.807, 2.05) is 0 Å². The van der Waals surface area contributed by atoms with Crippen molar-refractivity contribution in [3.05, 3.63) is 144 Å². The van der Waals surface area contributed by atoms with Crippen LogP contribution >= 0.6 is 0 Å². The van der Waals surface area contributed by atoms with Gasteiger partial charge in [-0.2, -0.15) is 0 Å². The maximum atomic E-state index is 10.2. The van der Waals surface area contributed by atoms with E-state index in [4.69, 9.17) is 20.4 Å². The molecule has 0 unspecified atom stereocenters. The van der Waals surface area contributed by atoms with Gasteiger partial charge in [-0.3, -0.25) is 0 Å². The van der Waals surface area contributed by atoms with Crippen LogP contribution in [-0.4, -0.2) is 52.7 Å². The summed E-state index contributed by atoms with van der Waals surface area (Å²) in [6.45, 7) is 0. The number of hydrogen-bond acceptors (Lipinski definition) is 4. The molecule has 4 aromatic carbocycles. The average Bonchev–Trinajstić information content (AvgIpc) is 2.92. The molecule has 0 bridgehead atoms. The molecule has 0 amide bonds. The normalized spacial score (nSPS) is 8.65. The van der Waals surface area contributed by atoms with E-state index in [0.29, 0.717) is 22.3 Å². The zero-order valence-corrected chi connectivity index (χ0v) is 19.0. The molecule has 0 aromatic heterocycles. The van der Waals surface area contributed by atoms with E-state index in [2.05, 4.69) is 0 Å². The predicted molar refractivity (Wildman–Crippen MR) is 144 cm³/mol. The Labute approximate surface area is 215 Å². The van der Waals surface area contributed by atoms with Crippen LogP contribution in [0.4, 0.5) is 0 Å². The molecule has 0 heterocycles. The quantitative estimate of drug-likeness (QED) is 0.301. The second-order valence-electron chi connectivity index (χ2n) is 6.68. The van der Waals surface area contributed by atoms with Crippen molar-refractivity contribution in [3.8, 4) is 0 Å². The van der Waals surface area contributed by atoms with Crippen molar-refractivity contribution in [2.75, 3.05) is 0 Å². The molecule has 0 fully saturated rings. The second-order valence-corrected chi connectivity index (χ2v) is 6.68. The fraction of sp³-hybridized carbons (Fsp3) is 0. The second kappa shape index (κ2) is 18.2. The zero-order valence-electron chi connectivity index (χ0n) is 19.0. The van der Waals surface area contributed by atoms with Crippen LogP contribution in [0.3, 0.4) is 0 Å². The Hall–Kier alpha value is -5.18. The molecule has 8 nitrogen and oxygen atoms in total. The topological polar surface area (TPSA) is 149 Å². The highest BCUT2D eigenvalue weighted by atomic mass is 16.4. The minimum absolute atomic E-state index is 0. The molecule has 0 atom stereocenters. The third-order valence-corrected chi connectivity index (χ3v) is 4.08. The summed E-state index contributed by atoms with van der Waals surface area (Å²) >= 11 is 0. The molecule has 9 heteroatoms. The fourth-order valence-electron chi connectivity index (χ4n) is 2.32. The number of carbonyl (C=O) groups is 4. The molecule has 0 saturated heterocycles. The van der Waals surface area contributed by atoms with E-state index in [1.54, 1.807) is 121 Å². The molecule has 4 aromatic rings. The maximum absolute atomic E-state index is 10.2. The molecule has 0 aliphatic carbocycles. The van der Waals surface area contributed by atoms with Crippen LogP contribution in [0.15, 0.2) is 121 Å². The molecule has 4 N–H and O–H groups in total. The summed E-state index contributed by atoms with van der Waals surface area (Å²) in [5.41, 5.74) is 1.32. The highest BCUT2D eigenvalue weighted by Crippen LogP contribution is 1.98. The van der Waals surface area contributed by atoms with E-state index >= 15 is 0 Å². The minimum Gasteiger partial charge on any atom is -0.478 e. The lowest BCUT2D eigenvalue weighted by molar-refractivity contribution is 0.0686. The first-order valence-electron chi connectivity index (χ1n) is 10.4. The van der Waals surface area contributed by atoms with Crippen LogP contribution in [0.1, 0.15) is 41.4 Å². The Morgan fingerprint density at radius 3 is 0.541 bits per heavy atom. The molecule has 37 heavy (non-hydrogen) atoms. The lowest BCUT2D eigenvalue weighted by atomic mass is 10.2. The lowest BCUT2D eigenvalue weighted by Gasteiger charge is -1.88. The van der Waals surface area contributed by atoms with Crippen LogP contribution in [-0.2, 0) is 0 Å². The number of aromatic carboxylic acids is 4. The number of hydrogen-bond donors (Lipinski definition) is 4. The summed E-state index contributed by atoms with van der Waals surface area (Å²) in [6.07, 6.45) is 0. The summed E-state index contributed by atoms with van der Waals surface area (Å²) in [6, 6.07) is 33.2. The van der Waals surface area contributed by atoms with Crippen molar-refractivity contribution >= 4 is 32.3 Å². The largest absolute Gasteiger partial charge is 0.478 e. The highest BCUT2D eigenvalue weighted by molar-refractivity contribution is 5.88. The van der Waals surface area contributed by atoms with Gasteiger partial charge in [0.25, 0.3) is 0 Å². The SMILES string of the molecule is B.O=C(O)c1ccccc1.O=C(O)c1ccccc1.O=C(O)c1ccccc1.O=C(O)c1ccccc1. The number of carboxylic acid groups (broad SMARTS) is 4. The molecule has 190 valence electrons. The van der Waals surface area contributed by atoms with Crippen molar-refractivity contribution in [1.29, 1.82) is 0 Å². The van der Waals surface area contributed by atoms with Gasteiger partial charge >= 0.3 is 23.9 Å². The molecule has 0 radical (unpaired) electrons. The van der Waals surface area contributed by atoms with Gasteiger partial charge in [-0.05, 0) is 48.5 Å². The Morgan fingerprint density at radius 1 is 0.324 bits per heavy atom. The molecule has 0 aliphatic heterocycles. The van der Waals surface area contributed by atoms with Crippen LogP contribution < -0.4 is 0 Å². The van der Waals surface area contributed by atoms with Gasteiger partial charge in [0.2, 0.25) is 0 Å². The summed E-state index contributed by atoms with van der Waals surface area (Å²) in [5.74, 6) is -3.52. The smallest absolute Gasteiger partial charge is 0.335 e. The summed E-state index contributed by atoms with van der Waals surface area (Å²) in [5, 5.41) is 33.5. The van der Waals surface area contributed by atoms with Crippen molar-refractivity contribution < 1.29 is 39.6 Å². The van der Waals surface area contributed by atoms with Gasteiger partial charge in [-0.15, -0.1) is 0 Å². The molecule has 0 saturated carbocycles. The van der Waals surface area contributed by atoms with Gasteiger partial charge in [0, 0.05) is 0 Å². The Balaban J connectivity index is 0.000000463. The average molecular weight is 502 g/mol. The monoisotopic (exact) mass is 502 g/mol. The lowest BCUT2D eigenvalue weighted by Crippen LogP contribution is -1.93. The first-order chi connectivity index (χ1) is 17.2. The van der Waals surface area contributed by atoms with Crippen LogP contribution in [0, 0.1) is 0 Å². The van der Waals surface area contributed by atoms with Crippen LogP contribution in [0.5, 0.6) is 0 Å². The van der Waals surface area contributed by atoms with Crippen molar-refractivity contribution in [2.24, 2.45) is 0 Å². The number of carboxylic acids is 4. The standard InChI is InChI=1S/4C7H6O2.BH3/c4*8-7(9)6-4-2-1-3-5-6;/h4*1-5H,(H,8,9);1H3. The van der Waals surface area contributed by atoms with Gasteiger partial charge in [-0.1, -0.05) is 72.8 Å². The van der Waals surface area contributed by atoms with Gasteiger partial charge in [0.1, 0.15) is 0 Å². The Kier molecular flexibility index (Phi) is 15.6. The molecular weight excluding hydrogens is 475 g/mol. The first-order valence-corrected chi connectivity index (χ1v) is 10.4. The zero-order chi connectivity index (χ0) is 26.8. The highest BCUT2D eigenvalue weighted by Gasteiger charge is 1.98. The summed E-state index contributed by atoms with van der Waals surface area (Å²) < 4.78 is 0. The van der Waals surface area contributed by atoms with Crippen molar-refractivity contribution in [1.82, 2.24) is 0 Å². The molecular formula is C28H27BO8. The minimum atomic E-state index is -0.879. The van der Waals surface area contributed by atoms with Gasteiger partial charge in [0.15, 0.2) is 0 Å². The van der Waals surface area contributed by atoms with E-state index in [9.17, 15) is 19.2 Å². The van der Waals surface area contributed by atoms with Crippen LogP contribution in [0.25, 0.3) is 0 Å². The predicted octanol–water partition coefficient (Wildman–Crippen LogP) is 4.36. The first kappa shape index (κ1) is 31.8. The van der Waals surface area contributed by atoms with Gasteiger partial charge in [-0.25, -0.2) is 19.2 Å². The van der Waals surface area contributed by atoms with E-state index in [0.717, 1.165) is 0 Å². The molecule has 4 rings (SSSR count). The van der Waals surface area contributed by atoms with E-state index < -0.39 is 23.9 Å². The van der Waals surface area contributed by atoms with E-state index in [-0.39, 0.29) is 8.41 Å². The van der Waals surface area contributed by atoms with Crippen LogP contribution in [0.2, 0.25) is 0 Å². The summed E-state index contributed by atoms with van der Waals surface area (Å²) in [7, 11) is 0. The van der Waals surface area contributed by atoms with E-state index in [1.165, 1.54) is 0 Å². The Morgan fingerprint density at radius 2 is 0.459 bits per heavy atom. The fourth-order valence-corrected chi connectivity index (χ4v) is 2.32. The van der Waals surface area contributed by atoms with Gasteiger partial charge in [0.05, 0.1) is 30.7 Å². The van der Waals surface area contributed by atoms with Crippen molar-refractivity contribution in [2.45, 2.75) is 0 Å². The maximum Gasteiger partial charge on any atom is 0.335 e. The Bertz CT molecular complexity index is 1020. The van der Waals surface area contributed by atoms with Gasteiger partial charge < -0.3 is 20.4 Å². The number of rotatable bonds is 4. The molecule has 0 aliphatic rings. The summed E-state index contributed by atoms with van der Waals surface area (Å²) in [4.78, 5) is 40.8. The molecule has 0 spiro atoms. The number of benzene rings is 4. The third-order valence-electron chi connectivity index (χ3n) is 4.08. The third kappa shape index (κ3) is 14.0.